The third-order valence-corrected chi connectivity index (χ3v) is 4.49. The first-order valence-corrected chi connectivity index (χ1v) is 8.75. The van der Waals surface area contributed by atoms with Crippen LogP contribution in [0.15, 0.2) is 67.1 Å². The molecule has 134 valence electrons. The van der Waals surface area contributed by atoms with Crippen molar-refractivity contribution in [1.29, 1.82) is 0 Å². The maximum Gasteiger partial charge on any atom is 0.225 e. The average molecular weight is 357 g/mol. The van der Waals surface area contributed by atoms with E-state index in [-0.39, 0.29) is 11.8 Å². The summed E-state index contributed by atoms with van der Waals surface area (Å²) in [6.45, 7) is 3.62. The number of carbonyl (C=O) groups excluding carboxylic acids is 1. The minimum absolute atomic E-state index is 0.0230. The van der Waals surface area contributed by atoms with E-state index < -0.39 is 0 Å². The predicted molar refractivity (Wildman–Crippen MR) is 105 cm³/mol. The molecule has 0 amide bonds. The van der Waals surface area contributed by atoms with Gasteiger partial charge in [0.2, 0.25) is 5.95 Å². The van der Waals surface area contributed by atoms with Crippen LogP contribution in [-0.2, 0) is 0 Å². The molecular formula is C21H19N5O. The predicted octanol–water partition coefficient (Wildman–Crippen LogP) is 4.19. The fourth-order valence-electron chi connectivity index (χ4n) is 2.99. The normalized spacial score (nSPS) is 12.1. The van der Waals surface area contributed by atoms with Crippen LogP contribution >= 0.6 is 0 Å². The van der Waals surface area contributed by atoms with E-state index in [0.29, 0.717) is 17.3 Å². The molecule has 2 heterocycles. The summed E-state index contributed by atoms with van der Waals surface area (Å²) in [5.74, 6) is 1.28. The van der Waals surface area contributed by atoms with E-state index in [1.807, 2.05) is 34.9 Å². The van der Waals surface area contributed by atoms with Gasteiger partial charge in [0, 0.05) is 11.8 Å². The Morgan fingerprint density at radius 2 is 1.89 bits per heavy atom. The van der Waals surface area contributed by atoms with Gasteiger partial charge in [-0.15, -0.1) is 0 Å². The number of rotatable bonds is 5. The summed E-state index contributed by atoms with van der Waals surface area (Å²) < 4.78 is 1.89. The van der Waals surface area contributed by atoms with E-state index >= 15 is 0 Å². The first-order chi connectivity index (χ1) is 13.1. The van der Waals surface area contributed by atoms with Gasteiger partial charge in [0.05, 0.1) is 17.1 Å². The third-order valence-electron chi connectivity index (χ3n) is 4.49. The highest BCUT2D eigenvalue weighted by Crippen LogP contribution is 2.21. The second kappa shape index (κ2) is 6.99. The van der Waals surface area contributed by atoms with Crippen molar-refractivity contribution in [3.05, 3.63) is 78.2 Å². The number of hydrogen-bond acceptors (Lipinski definition) is 5. The number of aromatic nitrogens is 4. The van der Waals surface area contributed by atoms with Crippen LogP contribution in [0, 0.1) is 0 Å². The Bertz CT molecular complexity index is 1100. The van der Waals surface area contributed by atoms with Crippen molar-refractivity contribution in [3.8, 4) is 5.82 Å². The Kier molecular flexibility index (Phi) is 4.38. The molecule has 1 atom stereocenters. The molecule has 27 heavy (non-hydrogen) atoms. The number of benzene rings is 2. The maximum atomic E-state index is 11.6. The molecule has 0 radical (unpaired) electrons. The molecule has 2 aromatic heterocycles. The van der Waals surface area contributed by atoms with Crippen molar-refractivity contribution >= 4 is 22.8 Å². The zero-order chi connectivity index (χ0) is 18.8. The fourth-order valence-corrected chi connectivity index (χ4v) is 2.99. The van der Waals surface area contributed by atoms with Crippen LogP contribution in [0.1, 0.15) is 35.8 Å². The number of Topliss-reactive ketones (excluding diaryl/α,β-unsaturated/α-hetero) is 1. The Balaban J connectivity index is 1.64. The van der Waals surface area contributed by atoms with Crippen molar-refractivity contribution in [2.24, 2.45) is 0 Å². The van der Waals surface area contributed by atoms with E-state index in [1.54, 1.807) is 31.6 Å². The van der Waals surface area contributed by atoms with Crippen LogP contribution in [0.4, 0.5) is 5.95 Å². The van der Waals surface area contributed by atoms with Crippen LogP contribution in [0.2, 0.25) is 0 Å². The standard InChI is InChI=1S/C21H19N5O/c1-14(16-6-4-3-5-7-16)24-21-22-11-10-20(25-21)26-13-23-18-12-17(15(2)27)8-9-19(18)26/h3-14H,1-2H3,(H,22,24,25). The summed E-state index contributed by atoms with van der Waals surface area (Å²) in [4.78, 5) is 24.9. The minimum atomic E-state index is 0.0230. The summed E-state index contributed by atoms with van der Waals surface area (Å²) in [7, 11) is 0. The molecule has 4 aromatic rings. The van der Waals surface area contributed by atoms with Crippen LogP contribution in [0.25, 0.3) is 16.9 Å². The summed E-state index contributed by atoms with van der Waals surface area (Å²) in [5.41, 5.74) is 3.46. The molecule has 1 unspecified atom stereocenters. The van der Waals surface area contributed by atoms with E-state index in [4.69, 9.17) is 0 Å². The maximum absolute atomic E-state index is 11.6. The minimum Gasteiger partial charge on any atom is -0.348 e. The highest BCUT2D eigenvalue weighted by Gasteiger charge is 2.11. The molecular weight excluding hydrogens is 338 g/mol. The van der Waals surface area contributed by atoms with Crippen LogP contribution in [-0.4, -0.2) is 25.3 Å². The molecule has 0 aliphatic heterocycles. The third kappa shape index (κ3) is 3.42. The lowest BCUT2D eigenvalue weighted by Crippen LogP contribution is -2.10. The summed E-state index contributed by atoms with van der Waals surface area (Å²) in [6.07, 6.45) is 3.43. The Morgan fingerprint density at radius 3 is 2.67 bits per heavy atom. The van der Waals surface area contributed by atoms with Gasteiger partial charge in [-0.1, -0.05) is 30.3 Å². The van der Waals surface area contributed by atoms with Crippen molar-refractivity contribution in [2.45, 2.75) is 19.9 Å². The zero-order valence-corrected chi connectivity index (χ0v) is 15.1. The Morgan fingerprint density at radius 1 is 1.07 bits per heavy atom. The van der Waals surface area contributed by atoms with Crippen molar-refractivity contribution in [2.75, 3.05) is 5.32 Å². The van der Waals surface area contributed by atoms with Crippen LogP contribution < -0.4 is 5.32 Å². The van der Waals surface area contributed by atoms with Gasteiger partial charge in [0.25, 0.3) is 0 Å². The van der Waals surface area contributed by atoms with Gasteiger partial charge in [0.15, 0.2) is 5.78 Å². The van der Waals surface area contributed by atoms with E-state index in [0.717, 1.165) is 16.6 Å². The molecule has 0 fully saturated rings. The van der Waals surface area contributed by atoms with E-state index in [1.165, 1.54) is 0 Å². The molecule has 0 aliphatic rings. The molecule has 0 saturated carbocycles. The van der Waals surface area contributed by atoms with Crippen LogP contribution in [0.5, 0.6) is 0 Å². The first-order valence-electron chi connectivity index (χ1n) is 8.75. The van der Waals surface area contributed by atoms with Crippen molar-refractivity contribution in [3.63, 3.8) is 0 Å². The second-order valence-corrected chi connectivity index (χ2v) is 6.39. The second-order valence-electron chi connectivity index (χ2n) is 6.39. The SMILES string of the molecule is CC(=O)c1ccc2c(c1)ncn2-c1ccnc(NC(C)c2ccccc2)n1. The number of ketones is 1. The van der Waals surface area contributed by atoms with Gasteiger partial charge in [-0.2, -0.15) is 4.98 Å². The van der Waals surface area contributed by atoms with Gasteiger partial charge in [-0.05, 0) is 43.7 Å². The number of hydrogen-bond donors (Lipinski definition) is 1. The lowest BCUT2D eigenvalue weighted by Gasteiger charge is -2.14. The highest BCUT2D eigenvalue weighted by atomic mass is 16.1. The molecule has 0 saturated heterocycles. The van der Waals surface area contributed by atoms with Gasteiger partial charge >= 0.3 is 0 Å². The van der Waals surface area contributed by atoms with E-state index in [9.17, 15) is 4.79 Å². The zero-order valence-electron chi connectivity index (χ0n) is 15.1. The topological polar surface area (TPSA) is 72.7 Å². The number of anilines is 1. The molecule has 0 aliphatic carbocycles. The fraction of sp³-hybridized carbons (Fsp3) is 0.143. The number of nitrogens with one attached hydrogen (secondary N) is 1. The lowest BCUT2D eigenvalue weighted by atomic mass is 10.1. The number of fused-ring (bicyclic) bond motifs is 1. The molecule has 6 nitrogen and oxygen atoms in total. The first kappa shape index (κ1) is 16.9. The monoisotopic (exact) mass is 357 g/mol. The molecule has 1 N–H and O–H groups in total. The number of imidazole rings is 1. The van der Waals surface area contributed by atoms with Crippen LogP contribution in [0.3, 0.4) is 0 Å². The lowest BCUT2D eigenvalue weighted by molar-refractivity contribution is 0.101. The van der Waals surface area contributed by atoms with Gasteiger partial charge < -0.3 is 5.32 Å². The highest BCUT2D eigenvalue weighted by molar-refractivity contribution is 5.97. The molecule has 6 heteroatoms. The Labute approximate surface area is 156 Å². The molecule has 2 aromatic carbocycles. The van der Waals surface area contributed by atoms with Crippen molar-refractivity contribution < 1.29 is 4.79 Å². The average Bonchev–Trinajstić information content (AvgIpc) is 3.12. The Hall–Kier alpha value is -3.54. The number of carbonyl (C=O) groups is 1. The summed E-state index contributed by atoms with van der Waals surface area (Å²) in [6, 6.07) is 17.6. The molecule has 4 rings (SSSR count). The van der Waals surface area contributed by atoms with E-state index in [2.05, 4.69) is 39.3 Å². The quantitative estimate of drug-likeness (QED) is 0.542. The van der Waals surface area contributed by atoms with Crippen molar-refractivity contribution in [1.82, 2.24) is 19.5 Å². The molecule has 0 spiro atoms. The van der Waals surface area contributed by atoms with Gasteiger partial charge in [0.1, 0.15) is 12.1 Å². The van der Waals surface area contributed by atoms with Gasteiger partial charge in [-0.25, -0.2) is 9.97 Å². The largest absolute Gasteiger partial charge is 0.348 e. The molecule has 0 bridgehead atoms. The number of nitrogens with zero attached hydrogens (tertiary/aromatic N) is 4. The van der Waals surface area contributed by atoms with Gasteiger partial charge in [-0.3, -0.25) is 9.36 Å². The summed E-state index contributed by atoms with van der Waals surface area (Å²) in [5, 5.41) is 3.33. The summed E-state index contributed by atoms with van der Waals surface area (Å²) >= 11 is 0. The smallest absolute Gasteiger partial charge is 0.225 e.